The molecule has 0 bridgehead atoms. The predicted octanol–water partition coefficient (Wildman–Crippen LogP) is 0.942. The molecule has 0 aromatic rings. The molecule has 88 valence electrons. The number of hydrogen-bond donors (Lipinski definition) is 2. The molecule has 15 heavy (non-hydrogen) atoms. The molecule has 1 atom stereocenters. The van der Waals surface area contributed by atoms with Gasteiger partial charge in [0.2, 0.25) is 0 Å². The van der Waals surface area contributed by atoms with Gasteiger partial charge in [-0.05, 0) is 40.0 Å². The van der Waals surface area contributed by atoms with Gasteiger partial charge in [0.05, 0.1) is 5.60 Å². The Hall–Kier alpha value is -0.650. The molecule has 1 fully saturated rings. The van der Waals surface area contributed by atoms with Crippen LogP contribution in [-0.4, -0.2) is 33.9 Å². The van der Waals surface area contributed by atoms with E-state index in [4.69, 9.17) is 15.7 Å². The predicted molar refractivity (Wildman–Crippen MR) is 55.9 cm³/mol. The molecular weight excluding hydrogens is 196 g/mol. The van der Waals surface area contributed by atoms with Crippen molar-refractivity contribution in [3.63, 3.8) is 0 Å². The van der Waals surface area contributed by atoms with Crippen molar-refractivity contribution in [3.05, 3.63) is 0 Å². The summed E-state index contributed by atoms with van der Waals surface area (Å²) >= 11 is 0. The normalized spacial score (nSPS) is 29.1. The lowest BCUT2D eigenvalue weighted by Crippen LogP contribution is -2.64. The van der Waals surface area contributed by atoms with Crippen LogP contribution in [0.15, 0.2) is 0 Å². The van der Waals surface area contributed by atoms with Crippen molar-refractivity contribution in [1.29, 1.82) is 0 Å². The minimum atomic E-state index is -1.37. The third-order valence-electron chi connectivity index (χ3n) is 2.37. The Morgan fingerprint density at radius 3 is 2.53 bits per heavy atom. The topological polar surface area (TPSA) is 75.8 Å². The standard InChI is InChI=1S/C10H20N2O3/c1-9(2,3)15-12-7-5-4-6-10(12,11)8(13)14/h4-7,11H2,1-3H3,(H,13,14). The molecule has 5 heteroatoms. The molecule has 0 aromatic heterocycles. The van der Waals surface area contributed by atoms with Crippen LogP contribution < -0.4 is 5.73 Å². The zero-order valence-corrected chi connectivity index (χ0v) is 9.62. The van der Waals surface area contributed by atoms with E-state index in [0.29, 0.717) is 13.0 Å². The molecule has 1 aliphatic rings. The molecule has 0 aromatic carbocycles. The summed E-state index contributed by atoms with van der Waals surface area (Å²) in [4.78, 5) is 16.7. The molecule has 0 spiro atoms. The fourth-order valence-electron chi connectivity index (χ4n) is 1.65. The molecule has 5 nitrogen and oxygen atoms in total. The first-order valence-corrected chi connectivity index (χ1v) is 5.25. The van der Waals surface area contributed by atoms with Gasteiger partial charge in [-0.15, -0.1) is 0 Å². The fourth-order valence-corrected chi connectivity index (χ4v) is 1.65. The Kier molecular flexibility index (Phi) is 3.38. The first-order chi connectivity index (χ1) is 6.76. The Morgan fingerprint density at radius 2 is 2.07 bits per heavy atom. The lowest BCUT2D eigenvalue weighted by atomic mass is 9.98. The second kappa shape index (κ2) is 4.08. The summed E-state index contributed by atoms with van der Waals surface area (Å²) in [6.07, 6.45) is 2.17. The van der Waals surface area contributed by atoms with E-state index in [1.54, 1.807) is 0 Å². The van der Waals surface area contributed by atoms with E-state index in [9.17, 15) is 4.79 Å². The molecule has 0 radical (unpaired) electrons. The number of nitrogens with two attached hydrogens (primary N) is 1. The SMILES string of the molecule is CC(C)(C)ON1CCCCC1(N)C(=O)O. The van der Waals surface area contributed by atoms with Gasteiger partial charge >= 0.3 is 5.97 Å². The second-order valence-corrected chi connectivity index (χ2v) is 4.99. The van der Waals surface area contributed by atoms with Crippen molar-refractivity contribution < 1.29 is 14.7 Å². The maximum atomic E-state index is 11.1. The summed E-state index contributed by atoms with van der Waals surface area (Å²) in [5.74, 6) is -1.02. The van der Waals surface area contributed by atoms with Crippen molar-refractivity contribution in [2.24, 2.45) is 5.73 Å². The largest absolute Gasteiger partial charge is 0.479 e. The smallest absolute Gasteiger partial charge is 0.341 e. The van der Waals surface area contributed by atoms with Gasteiger partial charge in [0.25, 0.3) is 0 Å². The van der Waals surface area contributed by atoms with E-state index >= 15 is 0 Å². The van der Waals surface area contributed by atoms with Gasteiger partial charge in [-0.1, -0.05) is 0 Å². The first-order valence-electron chi connectivity index (χ1n) is 5.25. The van der Waals surface area contributed by atoms with Gasteiger partial charge in [0.1, 0.15) is 0 Å². The lowest BCUT2D eigenvalue weighted by molar-refractivity contribution is -0.285. The summed E-state index contributed by atoms with van der Waals surface area (Å²) in [5.41, 5.74) is 4.07. The third kappa shape index (κ3) is 2.90. The summed E-state index contributed by atoms with van der Waals surface area (Å²) < 4.78 is 0. The number of nitrogens with zero attached hydrogens (tertiary/aromatic N) is 1. The Balaban J connectivity index is 2.79. The zero-order valence-electron chi connectivity index (χ0n) is 9.62. The molecule has 3 N–H and O–H groups in total. The minimum absolute atomic E-state index is 0.419. The molecule has 0 amide bonds. The Morgan fingerprint density at radius 1 is 1.47 bits per heavy atom. The average Bonchev–Trinajstić information content (AvgIpc) is 2.06. The van der Waals surface area contributed by atoms with E-state index in [1.807, 2.05) is 20.8 Å². The lowest BCUT2D eigenvalue weighted by Gasteiger charge is -2.42. The van der Waals surface area contributed by atoms with Crippen LogP contribution in [0.2, 0.25) is 0 Å². The van der Waals surface area contributed by atoms with E-state index < -0.39 is 17.2 Å². The highest BCUT2D eigenvalue weighted by molar-refractivity contribution is 5.77. The molecular formula is C10H20N2O3. The highest BCUT2D eigenvalue weighted by Gasteiger charge is 2.44. The number of hydrogen-bond acceptors (Lipinski definition) is 4. The van der Waals surface area contributed by atoms with E-state index in [0.717, 1.165) is 12.8 Å². The monoisotopic (exact) mass is 216 g/mol. The fraction of sp³-hybridized carbons (Fsp3) is 0.900. The highest BCUT2D eigenvalue weighted by atomic mass is 16.7. The quantitative estimate of drug-likeness (QED) is 0.718. The van der Waals surface area contributed by atoms with Gasteiger partial charge < -0.3 is 10.8 Å². The van der Waals surface area contributed by atoms with E-state index in [-0.39, 0.29) is 0 Å². The second-order valence-electron chi connectivity index (χ2n) is 4.99. The molecule has 1 unspecified atom stereocenters. The van der Waals surface area contributed by atoms with Crippen LogP contribution in [-0.2, 0) is 9.63 Å². The summed E-state index contributed by atoms with van der Waals surface area (Å²) in [7, 11) is 0. The van der Waals surface area contributed by atoms with Crippen molar-refractivity contribution >= 4 is 5.97 Å². The highest BCUT2D eigenvalue weighted by Crippen LogP contribution is 2.27. The van der Waals surface area contributed by atoms with Crippen LogP contribution in [0.3, 0.4) is 0 Å². The van der Waals surface area contributed by atoms with Gasteiger partial charge in [0.15, 0.2) is 5.66 Å². The zero-order chi connectivity index (χ0) is 11.7. The number of rotatable bonds is 2. The Bertz CT molecular complexity index is 250. The van der Waals surface area contributed by atoms with E-state index in [2.05, 4.69) is 0 Å². The van der Waals surface area contributed by atoms with Crippen molar-refractivity contribution in [3.8, 4) is 0 Å². The number of carbonyl (C=O) groups is 1. The number of aliphatic carboxylic acids is 1. The number of carboxylic acids is 1. The molecule has 1 saturated heterocycles. The van der Waals surface area contributed by atoms with Gasteiger partial charge in [0, 0.05) is 6.54 Å². The van der Waals surface area contributed by atoms with E-state index in [1.165, 1.54) is 5.06 Å². The number of carboxylic acid groups (broad SMARTS) is 1. The summed E-state index contributed by atoms with van der Waals surface area (Å²) in [6.45, 7) is 6.21. The van der Waals surface area contributed by atoms with Crippen molar-refractivity contribution in [1.82, 2.24) is 5.06 Å². The van der Waals surface area contributed by atoms with Crippen molar-refractivity contribution in [2.75, 3.05) is 6.54 Å². The maximum Gasteiger partial charge on any atom is 0.341 e. The molecule has 0 aliphatic carbocycles. The van der Waals surface area contributed by atoms with Crippen molar-refractivity contribution in [2.45, 2.75) is 51.3 Å². The third-order valence-corrected chi connectivity index (χ3v) is 2.37. The summed E-state index contributed by atoms with van der Waals surface area (Å²) in [5, 5.41) is 10.5. The molecule has 1 heterocycles. The van der Waals surface area contributed by atoms with Crippen LogP contribution in [0.1, 0.15) is 40.0 Å². The van der Waals surface area contributed by atoms with Crippen LogP contribution in [0.5, 0.6) is 0 Å². The minimum Gasteiger partial charge on any atom is -0.479 e. The van der Waals surface area contributed by atoms with Gasteiger partial charge in [-0.2, -0.15) is 5.06 Å². The van der Waals surface area contributed by atoms with Crippen LogP contribution in [0, 0.1) is 0 Å². The molecule has 0 saturated carbocycles. The van der Waals surface area contributed by atoms with Crippen LogP contribution in [0.4, 0.5) is 0 Å². The number of piperidine rings is 1. The van der Waals surface area contributed by atoms with Gasteiger partial charge in [-0.25, -0.2) is 4.79 Å². The maximum absolute atomic E-state index is 11.1. The Labute approximate surface area is 90.1 Å². The number of hydroxylamine groups is 2. The molecule has 1 aliphatic heterocycles. The molecule has 1 rings (SSSR count). The van der Waals surface area contributed by atoms with Crippen LogP contribution >= 0.6 is 0 Å². The van der Waals surface area contributed by atoms with Crippen LogP contribution in [0.25, 0.3) is 0 Å². The summed E-state index contributed by atoms with van der Waals surface area (Å²) in [6, 6.07) is 0. The average molecular weight is 216 g/mol. The van der Waals surface area contributed by atoms with Gasteiger partial charge in [-0.3, -0.25) is 4.84 Å². The first kappa shape index (κ1) is 12.4.